The maximum atomic E-state index is 12.7. The highest BCUT2D eigenvalue weighted by atomic mass is 32.1. The second kappa shape index (κ2) is 5.17. The van der Waals surface area contributed by atoms with Crippen LogP contribution in [-0.4, -0.2) is 57.9 Å². The van der Waals surface area contributed by atoms with Gasteiger partial charge in [-0.1, -0.05) is 0 Å². The minimum atomic E-state index is 0.107. The van der Waals surface area contributed by atoms with Crippen LogP contribution in [0.2, 0.25) is 0 Å². The summed E-state index contributed by atoms with van der Waals surface area (Å²) < 4.78 is 0. The van der Waals surface area contributed by atoms with Crippen LogP contribution in [0.25, 0.3) is 10.2 Å². The summed E-state index contributed by atoms with van der Waals surface area (Å²) in [5.74, 6) is 0.562. The Morgan fingerprint density at radius 3 is 2.73 bits per heavy atom. The van der Waals surface area contributed by atoms with Crippen LogP contribution in [0.15, 0.2) is 6.33 Å². The van der Waals surface area contributed by atoms with Crippen molar-refractivity contribution in [3.8, 4) is 0 Å². The van der Waals surface area contributed by atoms with E-state index >= 15 is 0 Å². The number of hydrogen-bond acceptors (Lipinski definition) is 6. The molecular formula is C15H19N5OS. The number of aromatic nitrogens is 2. The third kappa shape index (κ3) is 2.07. The lowest BCUT2D eigenvalue weighted by molar-refractivity contribution is 0.0338. The number of nitrogens with zero attached hydrogens (tertiary/aromatic N) is 4. The van der Waals surface area contributed by atoms with Crippen molar-refractivity contribution in [2.75, 3.05) is 31.9 Å². The fraction of sp³-hybridized carbons (Fsp3) is 0.533. The predicted octanol–water partition coefficient (Wildman–Crippen LogP) is 1.50. The molecule has 116 valence electrons. The van der Waals surface area contributed by atoms with E-state index in [2.05, 4.69) is 14.9 Å². The summed E-state index contributed by atoms with van der Waals surface area (Å²) in [6, 6.07) is 0.547. The molecule has 2 N–H and O–H groups in total. The molecule has 2 saturated heterocycles. The first-order chi connectivity index (χ1) is 10.6. The van der Waals surface area contributed by atoms with Crippen LogP contribution in [0.4, 0.5) is 5.82 Å². The minimum absolute atomic E-state index is 0.107. The van der Waals surface area contributed by atoms with Crippen molar-refractivity contribution in [2.24, 2.45) is 0 Å². The van der Waals surface area contributed by atoms with Gasteiger partial charge in [0.2, 0.25) is 0 Å². The zero-order valence-electron chi connectivity index (χ0n) is 12.6. The van der Waals surface area contributed by atoms with Crippen molar-refractivity contribution in [1.29, 1.82) is 0 Å². The number of anilines is 1. The Bertz CT molecular complexity index is 731. The fourth-order valence-electron chi connectivity index (χ4n) is 3.41. The molecule has 1 amide bonds. The number of carbonyl (C=O) groups is 1. The maximum Gasteiger partial charge on any atom is 0.264 e. The average molecular weight is 317 g/mol. The van der Waals surface area contributed by atoms with Gasteiger partial charge >= 0.3 is 0 Å². The van der Waals surface area contributed by atoms with E-state index in [0.29, 0.717) is 11.9 Å². The number of rotatable bonds is 2. The molecule has 0 spiro atoms. The standard InChI is InChI=1S/C15H19N5OS/c1-9-11-13(16)17-8-18-14(11)22-12(9)15(21)20-6-10(7-20)19-4-2-3-5-19/h8,10H,2-7H2,1H3,(H2,16,17,18). The van der Waals surface area contributed by atoms with Gasteiger partial charge in [0.25, 0.3) is 5.91 Å². The van der Waals surface area contributed by atoms with Crippen LogP contribution < -0.4 is 5.73 Å². The Morgan fingerprint density at radius 2 is 2.05 bits per heavy atom. The van der Waals surface area contributed by atoms with Gasteiger partial charge in [-0.25, -0.2) is 9.97 Å². The highest BCUT2D eigenvalue weighted by Crippen LogP contribution is 2.34. The highest BCUT2D eigenvalue weighted by Gasteiger charge is 2.37. The number of hydrogen-bond donors (Lipinski definition) is 1. The molecule has 7 heteroatoms. The molecular weight excluding hydrogens is 298 g/mol. The van der Waals surface area contributed by atoms with Gasteiger partial charge in [-0.15, -0.1) is 11.3 Å². The molecule has 6 nitrogen and oxygen atoms in total. The van der Waals surface area contributed by atoms with Gasteiger partial charge in [0.05, 0.1) is 10.3 Å². The van der Waals surface area contributed by atoms with E-state index in [1.807, 2.05) is 11.8 Å². The Kier molecular flexibility index (Phi) is 3.27. The Hall–Kier alpha value is -1.73. The minimum Gasteiger partial charge on any atom is -0.383 e. The van der Waals surface area contributed by atoms with E-state index in [1.165, 1.54) is 43.6 Å². The lowest BCUT2D eigenvalue weighted by Crippen LogP contribution is -2.60. The number of nitrogen functional groups attached to an aromatic ring is 1. The summed E-state index contributed by atoms with van der Waals surface area (Å²) in [4.78, 5) is 27.0. The summed E-state index contributed by atoms with van der Waals surface area (Å²) in [5.41, 5.74) is 6.83. The van der Waals surface area contributed by atoms with Crippen LogP contribution in [0, 0.1) is 6.92 Å². The lowest BCUT2D eigenvalue weighted by Gasteiger charge is -2.44. The normalized spacial score (nSPS) is 19.8. The van der Waals surface area contributed by atoms with Crippen LogP contribution in [-0.2, 0) is 0 Å². The van der Waals surface area contributed by atoms with Gasteiger partial charge < -0.3 is 10.6 Å². The Morgan fingerprint density at radius 1 is 1.32 bits per heavy atom. The summed E-state index contributed by atoms with van der Waals surface area (Å²) in [7, 11) is 0. The number of likely N-dealkylation sites (tertiary alicyclic amines) is 2. The van der Waals surface area contributed by atoms with E-state index in [1.54, 1.807) is 0 Å². The first-order valence-corrected chi connectivity index (χ1v) is 8.49. The van der Waals surface area contributed by atoms with Crippen LogP contribution in [0.5, 0.6) is 0 Å². The summed E-state index contributed by atoms with van der Waals surface area (Å²) in [6.45, 7) is 5.98. The summed E-state index contributed by atoms with van der Waals surface area (Å²) >= 11 is 1.42. The van der Waals surface area contributed by atoms with Crippen LogP contribution in [0.3, 0.4) is 0 Å². The van der Waals surface area contributed by atoms with Crippen LogP contribution in [0.1, 0.15) is 28.1 Å². The highest BCUT2D eigenvalue weighted by molar-refractivity contribution is 7.20. The molecule has 0 aromatic carbocycles. The quantitative estimate of drug-likeness (QED) is 0.908. The number of carbonyl (C=O) groups excluding carboxylic acids is 1. The van der Waals surface area contributed by atoms with Crippen molar-refractivity contribution < 1.29 is 4.79 Å². The first kappa shape index (κ1) is 13.9. The fourth-order valence-corrected chi connectivity index (χ4v) is 4.53. The van der Waals surface area contributed by atoms with E-state index < -0.39 is 0 Å². The predicted molar refractivity (Wildman–Crippen MR) is 87.1 cm³/mol. The Labute approximate surface area is 132 Å². The van der Waals surface area contributed by atoms with E-state index in [0.717, 1.165) is 33.7 Å². The van der Waals surface area contributed by atoms with Crippen molar-refractivity contribution >= 4 is 33.3 Å². The molecule has 4 rings (SSSR count). The van der Waals surface area contributed by atoms with E-state index in [-0.39, 0.29) is 5.91 Å². The van der Waals surface area contributed by atoms with Gasteiger partial charge in [-0.3, -0.25) is 9.69 Å². The maximum absolute atomic E-state index is 12.7. The van der Waals surface area contributed by atoms with Gasteiger partial charge in [-0.2, -0.15) is 0 Å². The number of amides is 1. The third-order valence-corrected chi connectivity index (χ3v) is 5.94. The lowest BCUT2D eigenvalue weighted by atomic mass is 10.1. The van der Waals surface area contributed by atoms with Crippen molar-refractivity contribution in [3.05, 3.63) is 16.8 Å². The number of thiophene rings is 1. The Balaban J connectivity index is 1.54. The average Bonchev–Trinajstić information content (AvgIpc) is 3.06. The summed E-state index contributed by atoms with van der Waals surface area (Å²) in [5, 5.41) is 0.826. The zero-order chi connectivity index (χ0) is 15.3. The monoisotopic (exact) mass is 317 g/mol. The van der Waals surface area contributed by atoms with Gasteiger partial charge in [0.15, 0.2) is 0 Å². The molecule has 2 aromatic rings. The molecule has 0 bridgehead atoms. The number of aryl methyl sites for hydroxylation is 1. The van der Waals surface area contributed by atoms with Crippen molar-refractivity contribution in [3.63, 3.8) is 0 Å². The molecule has 0 atom stereocenters. The van der Waals surface area contributed by atoms with E-state index in [9.17, 15) is 4.79 Å². The summed E-state index contributed by atoms with van der Waals surface area (Å²) in [6.07, 6.45) is 4.03. The zero-order valence-corrected chi connectivity index (χ0v) is 13.4. The molecule has 2 aromatic heterocycles. The third-order valence-electron chi connectivity index (χ3n) is 4.76. The van der Waals surface area contributed by atoms with Crippen molar-refractivity contribution in [1.82, 2.24) is 19.8 Å². The molecule has 22 heavy (non-hydrogen) atoms. The SMILES string of the molecule is Cc1c(C(=O)N2CC(N3CCCC3)C2)sc2ncnc(N)c12. The number of fused-ring (bicyclic) bond motifs is 1. The molecule has 2 aliphatic rings. The molecule has 4 heterocycles. The molecule has 0 unspecified atom stereocenters. The largest absolute Gasteiger partial charge is 0.383 e. The smallest absolute Gasteiger partial charge is 0.264 e. The molecule has 2 aliphatic heterocycles. The van der Waals surface area contributed by atoms with Gasteiger partial charge in [-0.05, 0) is 38.4 Å². The van der Waals surface area contributed by atoms with Gasteiger partial charge in [0, 0.05) is 19.1 Å². The van der Waals surface area contributed by atoms with Crippen LogP contribution >= 0.6 is 11.3 Å². The topological polar surface area (TPSA) is 75.4 Å². The van der Waals surface area contributed by atoms with E-state index in [4.69, 9.17) is 5.73 Å². The van der Waals surface area contributed by atoms with Gasteiger partial charge in [0.1, 0.15) is 17.0 Å². The molecule has 0 saturated carbocycles. The van der Waals surface area contributed by atoms with Crippen molar-refractivity contribution in [2.45, 2.75) is 25.8 Å². The second-order valence-corrected chi connectivity index (χ2v) is 7.10. The molecule has 0 radical (unpaired) electrons. The first-order valence-electron chi connectivity index (χ1n) is 7.68. The number of nitrogens with two attached hydrogens (primary N) is 1. The second-order valence-electron chi connectivity index (χ2n) is 6.10. The molecule has 0 aliphatic carbocycles. The molecule has 2 fully saturated rings.